The first-order valence-corrected chi connectivity index (χ1v) is 7.91. The molecule has 0 fully saturated rings. The van der Waals surface area contributed by atoms with Gasteiger partial charge in [-0.15, -0.1) is 0 Å². The summed E-state index contributed by atoms with van der Waals surface area (Å²) in [6.07, 6.45) is 1.18. The average Bonchev–Trinajstić information content (AvgIpc) is 2.43. The van der Waals surface area contributed by atoms with E-state index in [1.54, 1.807) is 0 Å². The Kier molecular flexibility index (Phi) is 7.19. The lowest BCUT2D eigenvalue weighted by Crippen LogP contribution is -2.30. The predicted octanol–water partition coefficient (Wildman–Crippen LogP) is 2.96. The van der Waals surface area contributed by atoms with Gasteiger partial charge in [0.25, 0.3) is 0 Å². The van der Waals surface area contributed by atoms with Gasteiger partial charge in [0, 0.05) is 19.6 Å². The van der Waals surface area contributed by atoms with Crippen molar-refractivity contribution in [1.29, 1.82) is 0 Å². The summed E-state index contributed by atoms with van der Waals surface area (Å²) in [5.74, 6) is 1.85. The molecule has 0 saturated carbocycles. The van der Waals surface area contributed by atoms with Crippen molar-refractivity contribution in [3.8, 4) is 6.01 Å². The minimum Gasteiger partial charge on any atom is -0.461 e. The van der Waals surface area contributed by atoms with Gasteiger partial charge in [-0.05, 0) is 33.6 Å². The molecule has 6 heteroatoms. The van der Waals surface area contributed by atoms with Crippen LogP contribution in [0.4, 0.5) is 11.9 Å². The number of hydrogen-bond acceptors (Lipinski definition) is 6. The van der Waals surface area contributed by atoms with Crippen LogP contribution < -0.4 is 15.0 Å². The van der Waals surface area contributed by atoms with E-state index in [0.29, 0.717) is 23.8 Å². The zero-order valence-corrected chi connectivity index (χ0v) is 14.2. The number of nitrogens with zero attached hydrogens (tertiary/aromatic N) is 4. The maximum atomic E-state index is 5.64. The fraction of sp³-hybridized carbons (Fsp3) is 0.800. The standard InChI is InChI=1S/C15H29N5O/c1-7-12(6)10-20(9-3)14-17-13(16-8-2)18-15(19-14)21-11(4)5/h11-12H,7-10H2,1-6H3,(H,16,17,18,19). The van der Waals surface area contributed by atoms with Crippen molar-refractivity contribution in [2.24, 2.45) is 5.92 Å². The summed E-state index contributed by atoms with van der Waals surface area (Å²) in [6.45, 7) is 15.1. The molecule has 0 aliphatic heterocycles. The lowest BCUT2D eigenvalue weighted by molar-refractivity contribution is 0.222. The maximum absolute atomic E-state index is 5.64. The van der Waals surface area contributed by atoms with Crippen LogP contribution in [-0.2, 0) is 0 Å². The molecule has 0 amide bonds. The predicted molar refractivity (Wildman–Crippen MR) is 87.1 cm³/mol. The molecule has 0 spiro atoms. The second-order valence-corrected chi connectivity index (χ2v) is 5.49. The molecule has 6 nitrogen and oxygen atoms in total. The van der Waals surface area contributed by atoms with Gasteiger partial charge in [-0.25, -0.2) is 0 Å². The first-order chi connectivity index (χ1) is 9.99. The van der Waals surface area contributed by atoms with Crippen LogP contribution in [0, 0.1) is 5.92 Å². The summed E-state index contributed by atoms with van der Waals surface area (Å²) < 4.78 is 5.64. The lowest BCUT2D eigenvalue weighted by Gasteiger charge is -2.24. The van der Waals surface area contributed by atoms with Crippen molar-refractivity contribution >= 4 is 11.9 Å². The molecule has 0 bridgehead atoms. The van der Waals surface area contributed by atoms with Gasteiger partial charge in [-0.2, -0.15) is 15.0 Å². The SMILES string of the molecule is CCNc1nc(OC(C)C)nc(N(CC)CC(C)CC)n1. The molecular formula is C15H29N5O. The molecule has 120 valence electrons. The smallest absolute Gasteiger partial charge is 0.323 e. The van der Waals surface area contributed by atoms with Gasteiger partial charge in [0.1, 0.15) is 0 Å². The molecule has 0 radical (unpaired) electrons. The van der Waals surface area contributed by atoms with E-state index in [4.69, 9.17) is 4.74 Å². The van der Waals surface area contributed by atoms with Gasteiger partial charge in [-0.1, -0.05) is 20.3 Å². The zero-order chi connectivity index (χ0) is 15.8. The Labute approximate surface area is 128 Å². The normalized spacial score (nSPS) is 12.3. The van der Waals surface area contributed by atoms with E-state index in [-0.39, 0.29) is 6.10 Å². The summed E-state index contributed by atoms with van der Waals surface area (Å²) in [6, 6.07) is 0.383. The van der Waals surface area contributed by atoms with E-state index in [9.17, 15) is 0 Å². The molecule has 21 heavy (non-hydrogen) atoms. The Hall–Kier alpha value is -1.59. The molecular weight excluding hydrogens is 266 g/mol. The third-order valence-corrected chi connectivity index (χ3v) is 3.17. The third-order valence-electron chi connectivity index (χ3n) is 3.17. The van der Waals surface area contributed by atoms with Crippen LogP contribution in [0.1, 0.15) is 48.0 Å². The van der Waals surface area contributed by atoms with Gasteiger partial charge in [0.05, 0.1) is 6.10 Å². The highest BCUT2D eigenvalue weighted by atomic mass is 16.5. The fourth-order valence-electron chi connectivity index (χ4n) is 1.85. The molecule has 1 rings (SSSR count). The first kappa shape index (κ1) is 17.5. The number of aromatic nitrogens is 3. The van der Waals surface area contributed by atoms with Crippen molar-refractivity contribution in [3.05, 3.63) is 0 Å². The first-order valence-electron chi connectivity index (χ1n) is 7.91. The number of rotatable bonds is 9. The molecule has 0 aromatic carbocycles. The third kappa shape index (κ3) is 5.73. The Morgan fingerprint density at radius 3 is 2.33 bits per heavy atom. The van der Waals surface area contributed by atoms with Crippen molar-refractivity contribution in [1.82, 2.24) is 15.0 Å². The highest BCUT2D eigenvalue weighted by Crippen LogP contribution is 2.17. The number of anilines is 2. The highest BCUT2D eigenvalue weighted by Gasteiger charge is 2.15. The van der Waals surface area contributed by atoms with Gasteiger partial charge in [0.2, 0.25) is 11.9 Å². The minimum atomic E-state index is 0.0411. The Balaban J connectivity index is 3.03. The summed E-state index contributed by atoms with van der Waals surface area (Å²) in [4.78, 5) is 15.4. The number of hydrogen-bond donors (Lipinski definition) is 1. The van der Waals surface area contributed by atoms with Gasteiger partial charge >= 0.3 is 6.01 Å². The van der Waals surface area contributed by atoms with E-state index < -0.39 is 0 Å². The Bertz CT molecular complexity index is 425. The zero-order valence-electron chi connectivity index (χ0n) is 14.2. The van der Waals surface area contributed by atoms with E-state index in [1.807, 2.05) is 20.8 Å². The largest absolute Gasteiger partial charge is 0.461 e. The molecule has 1 N–H and O–H groups in total. The molecule has 0 saturated heterocycles. The van der Waals surface area contributed by atoms with Crippen LogP contribution in [0.15, 0.2) is 0 Å². The molecule has 0 aliphatic rings. The maximum Gasteiger partial charge on any atom is 0.323 e. The van der Waals surface area contributed by atoms with Crippen molar-refractivity contribution in [2.45, 2.75) is 54.1 Å². The molecule has 1 aromatic heterocycles. The van der Waals surface area contributed by atoms with Crippen LogP contribution in [0.25, 0.3) is 0 Å². The number of nitrogens with one attached hydrogen (secondary N) is 1. The van der Waals surface area contributed by atoms with Crippen molar-refractivity contribution in [2.75, 3.05) is 29.9 Å². The number of ether oxygens (including phenoxy) is 1. The average molecular weight is 295 g/mol. The molecule has 1 heterocycles. The quantitative estimate of drug-likeness (QED) is 0.755. The molecule has 1 aromatic rings. The molecule has 1 atom stereocenters. The van der Waals surface area contributed by atoms with E-state index in [0.717, 1.165) is 26.1 Å². The van der Waals surface area contributed by atoms with Crippen LogP contribution in [0.2, 0.25) is 0 Å². The monoisotopic (exact) mass is 295 g/mol. The summed E-state index contributed by atoms with van der Waals surface area (Å²) in [5, 5.41) is 3.14. The van der Waals surface area contributed by atoms with Crippen LogP contribution in [0.5, 0.6) is 6.01 Å². The topological polar surface area (TPSA) is 63.2 Å². The Morgan fingerprint density at radius 2 is 1.81 bits per heavy atom. The Morgan fingerprint density at radius 1 is 1.10 bits per heavy atom. The highest BCUT2D eigenvalue weighted by molar-refractivity contribution is 5.38. The minimum absolute atomic E-state index is 0.0411. The molecule has 0 aliphatic carbocycles. The summed E-state index contributed by atoms with van der Waals surface area (Å²) in [5.41, 5.74) is 0. The van der Waals surface area contributed by atoms with E-state index in [1.165, 1.54) is 0 Å². The van der Waals surface area contributed by atoms with E-state index in [2.05, 4.69) is 45.9 Å². The van der Waals surface area contributed by atoms with Crippen LogP contribution in [0.3, 0.4) is 0 Å². The van der Waals surface area contributed by atoms with Crippen molar-refractivity contribution in [3.63, 3.8) is 0 Å². The van der Waals surface area contributed by atoms with Gasteiger partial charge in [-0.3, -0.25) is 0 Å². The summed E-state index contributed by atoms with van der Waals surface area (Å²) in [7, 11) is 0. The molecule has 1 unspecified atom stereocenters. The van der Waals surface area contributed by atoms with Crippen molar-refractivity contribution < 1.29 is 4.74 Å². The van der Waals surface area contributed by atoms with Crippen LogP contribution >= 0.6 is 0 Å². The van der Waals surface area contributed by atoms with Gasteiger partial charge in [0.15, 0.2) is 0 Å². The van der Waals surface area contributed by atoms with Crippen LogP contribution in [-0.4, -0.2) is 40.7 Å². The summed E-state index contributed by atoms with van der Waals surface area (Å²) >= 11 is 0. The lowest BCUT2D eigenvalue weighted by atomic mass is 10.1. The fourth-order valence-corrected chi connectivity index (χ4v) is 1.85. The second-order valence-electron chi connectivity index (χ2n) is 5.49. The van der Waals surface area contributed by atoms with Gasteiger partial charge < -0.3 is 15.0 Å². The van der Waals surface area contributed by atoms with E-state index >= 15 is 0 Å². The second kappa shape index (κ2) is 8.64.